The van der Waals surface area contributed by atoms with Gasteiger partial charge in [-0.05, 0) is 24.6 Å². The van der Waals surface area contributed by atoms with Crippen LogP contribution in [0.4, 0.5) is 0 Å². The van der Waals surface area contributed by atoms with Crippen LogP contribution in [0.1, 0.15) is 12.5 Å². The standard InChI is InChI=1S/C17H24ClN5O/c1-2-24-17-4-3-15(11-16(17)18)12-22-7-5-21(6-8-22)9-10-23-14-19-13-20-23/h3-4,11,13-14H,2,5-10,12H2,1H3. The summed E-state index contributed by atoms with van der Waals surface area (Å²) >= 11 is 6.27. The summed E-state index contributed by atoms with van der Waals surface area (Å²) in [6, 6.07) is 6.09. The minimum Gasteiger partial charge on any atom is -0.492 e. The third-order valence-corrected chi connectivity index (χ3v) is 4.57. The van der Waals surface area contributed by atoms with Crippen LogP contribution in [0.2, 0.25) is 5.02 Å². The largest absolute Gasteiger partial charge is 0.492 e. The van der Waals surface area contributed by atoms with E-state index in [1.54, 1.807) is 12.7 Å². The molecule has 0 bridgehead atoms. The molecule has 0 unspecified atom stereocenters. The zero-order valence-corrected chi connectivity index (χ0v) is 14.8. The topological polar surface area (TPSA) is 46.4 Å². The maximum atomic E-state index is 6.27. The van der Waals surface area contributed by atoms with E-state index in [0.717, 1.165) is 51.6 Å². The fourth-order valence-corrected chi connectivity index (χ4v) is 3.19. The number of benzene rings is 1. The van der Waals surface area contributed by atoms with Crippen molar-refractivity contribution in [1.29, 1.82) is 0 Å². The molecule has 6 nitrogen and oxygen atoms in total. The van der Waals surface area contributed by atoms with Crippen LogP contribution in [0.3, 0.4) is 0 Å². The monoisotopic (exact) mass is 349 g/mol. The summed E-state index contributed by atoms with van der Waals surface area (Å²) in [7, 11) is 0. The van der Waals surface area contributed by atoms with E-state index in [-0.39, 0.29) is 0 Å². The Bertz CT molecular complexity index is 626. The smallest absolute Gasteiger partial charge is 0.137 e. The fourth-order valence-electron chi connectivity index (χ4n) is 2.94. The quantitative estimate of drug-likeness (QED) is 0.766. The number of ether oxygens (including phenoxy) is 1. The summed E-state index contributed by atoms with van der Waals surface area (Å²) in [6.07, 6.45) is 3.35. The minimum atomic E-state index is 0.635. The first kappa shape index (κ1) is 17.2. The van der Waals surface area contributed by atoms with Crippen molar-refractivity contribution >= 4 is 11.6 Å². The molecule has 0 spiro atoms. The highest BCUT2D eigenvalue weighted by atomic mass is 35.5. The lowest BCUT2D eigenvalue weighted by Crippen LogP contribution is -2.46. The van der Waals surface area contributed by atoms with Gasteiger partial charge in [-0.1, -0.05) is 17.7 Å². The molecule has 2 heterocycles. The van der Waals surface area contributed by atoms with Crippen molar-refractivity contribution in [3.8, 4) is 5.75 Å². The number of hydrogen-bond acceptors (Lipinski definition) is 5. The van der Waals surface area contributed by atoms with Crippen LogP contribution < -0.4 is 4.74 Å². The van der Waals surface area contributed by atoms with Gasteiger partial charge in [0.05, 0.1) is 18.2 Å². The first-order valence-corrected chi connectivity index (χ1v) is 8.80. The van der Waals surface area contributed by atoms with Gasteiger partial charge in [0.1, 0.15) is 18.4 Å². The van der Waals surface area contributed by atoms with Crippen LogP contribution in [-0.4, -0.2) is 63.9 Å². The molecule has 0 aliphatic carbocycles. The van der Waals surface area contributed by atoms with E-state index < -0.39 is 0 Å². The first-order chi connectivity index (χ1) is 11.7. The van der Waals surface area contributed by atoms with Gasteiger partial charge >= 0.3 is 0 Å². The van der Waals surface area contributed by atoms with Gasteiger partial charge in [0.2, 0.25) is 0 Å². The van der Waals surface area contributed by atoms with Crippen LogP contribution in [-0.2, 0) is 13.1 Å². The number of halogens is 1. The Morgan fingerprint density at radius 3 is 2.58 bits per heavy atom. The van der Waals surface area contributed by atoms with E-state index in [1.807, 2.05) is 23.7 Å². The van der Waals surface area contributed by atoms with E-state index >= 15 is 0 Å². The van der Waals surface area contributed by atoms with E-state index in [4.69, 9.17) is 16.3 Å². The van der Waals surface area contributed by atoms with Crippen molar-refractivity contribution in [1.82, 2.24) is 24.6 Å². The van der Waals surface area contributed by atoms with Crippen molar-refractivity contribution in [2.45, 2.75) is 20.0 Å². The summed E-state index contributed by atoms with van der Waals surface area (Å²) in [5.41, 5.74) is 1.24. The SMILES string of the molecule is CCOc1ccc(CN2CCN(CCn3cncn3)CC2)cc1Cl. The van der Waals surface area contributed by atoms with Gasteiger partial charge in [-0.15, -0.1) is 0 Å². The van der Waals surface area contributed by atoms with Gasteiger partial charge in [0.25, 0.3) is 0 Å². The molecule has 3 rings (SSSR count). The Morgan fingerprint density at radius 2 is 1.92 bits per heavy atom. The Hall–Kier alpha value is -1.63. The van der Waals surface area contributed by atoms with Gasteiger partial charge in [-0.2, -0.15) is 5.10 Å². The first-order valence-electron chi connectivity index (χ1n) is 8.43. The predicted molar refractivity (Wildman–Crippen MR) is 94.4 cm³/mol. The van der Waals surface area contributed by atoms with E-state index in [1.165, 1.54) is 5.56 Å². The maximum absolute atomic E-state index is 6.27. The highest BCUT2D eigenvalue weighted by molar-refractivity contribution is 6.32. The van der Waals surface area contributed by atoms with Gasteiger partial charge < -0.3 is 4.74 Å². The average molecular weight is 350 g/mol. The molecule has 1 aliphatic heterocycles. The number of rotatable bonds is 7. The molecule has 1 aromatic carbocycles. The Morgan fingerprint density at radius 1 is 1.12 bits per heavy atom. The van der Waals surface area contributed by atoms with Crippen molar-refractivity contribution < 1.29 is 4.74 Å². The highest BCUT2D eigenvalue weighted by Gasteiger charge is 2.17. The number of hydrogen-bond donors (Lipinski definition) is 0. The molecule has 2 aromatic rings. The number of piperazine rings is 1. The zero-order chi connectivity index (χ0) is 16.8. The molecule has 24 heavy (non-hydrogen) atoms. The van der Waals surface area contributed by atoms with E-state index in [2.05, 4.69) is 25.9 Å². The summed E-state index contributed by atoms with van der Waals surface area (Å²) in [6.45, 7) is 9.76. The molecule has 1 fully saturated rings. The molecule has 0 atom stereocenters. The van der Waals surface area contributed by atoms with Crippen LogP contribution in [0.25, 0.3) is 0 Å². The highest BCUT2D eigenvalue weighted by Crippen LogP contribution is 2.26. The predicted octanol–water partition coefficient (Wildman–Crippen LogP) is 2.15. The zero-order valence-electron chi connectivity index (χ0n) is 14.1. The van der Waals surface area contributed by atoms with Gasteiger partial charge in [-0.25, -0.2) is 4.98 Å². The molecule has 0 N–H and O–H groups in total. The van der Waals surface area contributed by atoms with Gasteiger partial charge in [0, 0.05) is 39.3 Å². The molecule has 1 saturated heterocycles. The second kappa shape index (κ2) is 8.46. The Kier molecular flexibility index (Phi) is 6.07. The van der Waals surface area contributed by atoms with Crippen LogP contribution in [0.15, 0.2) is 30.9 Å². The molecule has 1 aromatic heterocycles. The summed E-state index contributed by atoms with van der Waals surface area (Å²) in [4.78, 5) is 8.92. The summed E-state index contributed by atoms with van der Waals surface area (Å²) in [5.74, 6) is 0.765. The van der Waals surface area contributed by atoms with Crippen LogP contribution in [0.5, 0.6) is 5.75 Å². The summed E-state index contributed by atoms with van der Waals surface area (Å²) in [5, 5.41) is 4.84. The van der Waals surface area contributed by atoms with Gasteiger partial charge in [-0.3, -0.25) is 14.5 Å². The van der Waals surface area contributed by atoms with Gasteiger partial charge in [0.15, 0.2) is 0 Å². The van der Waals surface area contributed by atoms with Crippen molar-refractivity contribution in [2.24, 2.45) is 0 Å². The van der Waals surface area contributed by atoms with E-state index in [0.29, 0.717) is 11.6 Å². The molecule has 130 valence electrons. The lowest BCUT2D eigenvalue weighted by molar-refractivity contribution is 0.123. The lowest BCUT2D eigenvalue weighted by atomic mass is 10.2. The molecular weight excluding hydrogens is 326 g/mol. The normalized spacial score (nSPS) is 16.4. The molecule has 0 radical (unpaired) electrons. The maximum Gasteiger partial charge on any atom is 0.137 e. The number of nitrogens with zero attached hydrogens (tertiary/aromatic N) is 5. The van der Waals surface area contributed by atoms with Crippen LogP contribution >= 0.6 is 11.6 Å². The average Bonchev–Trinajstić information content (AvgIpc) is 3.10. The van der Waals surface area contributed by atoms with Crippen molar-refractivity contribution in [3.63, 3.8) is 0 Å². The molecular formula is C17H24ClN5O. The third kappa shape index (κ3) is 4.69. The van der Waals surface area contributed by atoms with Crippen LogP contribution in [0, 0.1) is 0 Å². The minimum absolute atomic E-state index is 0.635. The Labute approximate surface area is 148 Å². The number of aromatic nitrogens is 3. The van der Waals surface area contributed by atoms with Crippen molar-refractivity contribution in [3.05, 3.63) is 41.4 Å². The van der Waals surface area contributed by atoms with E-state index in [9.17, 15) is 0 Å². The lowest BCUT2D eigenvalue weighted by Gasteiger charge is -2.34. The third-order valence-electron chi connectivity index (χ3n) is 4.28. The summed E-state index contributed by atoms with van der Waals surface area (Å²) < 4.78 is 7.37. The fraction of sp³-hybridized carbons (Fsp3) is 0.529. The Balaban J connectivity index is 1.44. The second-order valence-corrected chi connectivity index (χ2v) is 6.38. The van der Waals surface area contributed by atoms with Crippen molar-refractivity contribution in [2.75, 3.05) is 39.3 Å². The molecule has 0 saturated carbocycles. The molecule has 1 aliphatic rings. The molecule has 7 heteroatoms. The molecule has 0 amide bonds. The second-order valence-electron chi connectivity index (χ2n) is 5.97.